The predicted molar refractivity (Wildman–Crippen MR) is 56.0 cm³/mol. The summed E-state index contributed by atoms with van der Waals surface area (Å²) in [6.07, 6.45) is -2.00. The third-order valence-electron chi connectivity index (χ3n) is 2.78. The van der Waals surface area contributed by atoms with E-state index in [0.29, 0.717) is 11.6 Å². The molecule has 1 fully saturated rings. The molecule has 0 unspecified atom stereocenters. The molecule has 0 saturated heterocycles. The minimum atomic E-state index is -4.25. The molecule has 1 aliphatic rings. The van der Waals surface area contributed by atoms with Gasteiger partial charge in [-0.1, -0.05) is 12.1 Å². The first-order chi connectivity index (χ1) is 7.47. The van der Waals surface area contributed by atoms with Crippen LogP contribution in [0, 0.1) is 0 Å². The van der Waals surface area contributed by atoms with Gasteiger partial charge in [-0.3, -0.25) is 0 Å². The lowest BCUT2D eigenvalue weighted by Crippen LogP contribution is -2.21. The van der Waals surface area contributed by atoms with Gasteiger partial charge < -0.3 is 5.32 Å². The van der Waals surface area contributed by atoms with Crippen LogP contribution in [0.2, 0.25) is 0 Å². The predicted octanol–water partition coefficient (Wildman–Crippen LogP) is 3.52. The van der Waals surface area contributed by atoms with Crippen molar-refractivity contribution in [3.8, 4) is 0 Å². The highest BCUT2D eigenvalue weighted by Crippen LogP contribution is 2.31. The summed E-state index contributed by atoms with van der Waals surface area (Å²) < 4.78 is 37.5. The van der Waals surface area contributed by atoms with Gasteiger partial charge in [0.1, 0.15) is 0 Å². The number of rotatable bonds is 3. The van der Waals surface area contributed by atoms with E-state index < -0.39 is 11.7 Å². The summed E-state index contributed by atoms with van der Waals surface area (Å²) in [5.74, 6) is 0. The summed E-state index contributed by atoms with van der Waals surface area (Å²) in [7, 11) is 0. The van der Waals surface area contributed by atoms with Crippen molar-refractivity contribution in [1.29, 1.82) is 0 Å². The van der Waals surface area contributed by atoms with Crippen LogP contribution in [0.5, 0.6) is 0 Å². The van der Waals surface area contributed by atoms with Crippen LogP contribution in [0.1, 0.15) is 36.9 Å². The molecule has 1 aliphatic carbocycles. The fraction of sp³-hybridized carbons (Fsp3) is 0.500. The lowest BCUT2D eigenvalue weighted by molar-refractivity contribution is -0.137. The first-order valence-corrected chi connectivity index (χ1v) is 5.40. The molecule has 1 N–H and O–H groups in total. The average molecular weight is 229 g/mol. The molecule has 1 aromatic rings. The monoisotopic (exact) mass is 229 g/mol. The largest absolute Gasteiger partial charge is 0.416 e. The fourth-order valence-electron chi connectivity index (χ4n) is 1.68. The number of benzene rings is 1. The SMILES string of the molecule is C[C@@H](NC1CC1)c1cccc(C(F)(F)F)c1. The molecule has 1 atom stereocenters. The van der Waals surface area contributed by atoms with Crippen LogP contribution < -0.4 is 5.32 Å². The quantitative estimate of drug-likeness (QED) is 0.836. The van der Waals surface area contributed by atoms with Crippen molar-refractivity contribution < 1.29 is 13.2 Å². The maximum Gasteiger partial charge on any atom is 0.416 e. The molecule has 1 saturated carbocycles. The smallest absolute Gasteiger partial charge is 0.307 e. The van der Waals surface area contributed by atoms with E-state index in [1.54, 1.807) is 6.07 Å². The summed E-state index contributed by atoms with van der Waals surface area (Å²) in [5.41, 5.74) is 0.121. The third-order valence-corrected chi connectivity index (χ3v) is 2.78. The third kappa shape index (κ3) is 2.76. The van der Waals surface area contributed by atoms with Gasteiger partial charge in [-0.15, -0.1) is 0 Å². The molecule has 1 nitrogen and oxygen atoms in total. The summed E-state index contributed by atoms with van der Waals surface area (Å²) in [4.78, 5) is 0. The van der Waals surface area contributed by atoms with Crippen LogP contribution in [0.3, 0.4) is 0 Å². The minimum Gasteiger partial charge on any atom is -0.307 e. The Morgan fingerprint density at radius 3 is 2.56 bits per heavy atom. The van der Waals surface area contributed by atoms with Crippen molar-refractivity contribution in [2.24, 2.45) is 0 Å². The van der Waals surface area contributed by atoms with E-state index in [2.05, 4.69) is 5.32 Å². The van der Waals surface area contributed by atoms with Gasteiger partial charge >= 0.3 is 6.18 Å². The average Bonchev–Trinajstić information content (AvgIpc) is 3.00. The molecule has 1 aromatic carbocycles. The second-order valence-corrected chi connectivity index (χ2v) is 4.29. The van der Waals surface area contributed by atoms with Crippen molar-refractivity contribution in [3.63, 3.8) is 0 Å². The van der Waals surface area contributed by atoms with E-state index in [1.807, 2.05) is 6.92 Å². The first-order valence-electron chi connectivity index (χ1n) is 5.40. The first kappa shape index (κ1) is 11.5. The molecule has 88 valence electrons. The Morgan fingerprint density at radius 2 is 2.00 bits per heavy atom. The Morgan fingerprint density at radius 1 is 1.31 bits per heavy atom. The van der Waals surface area contributed by atoms with Crippen molar-refractivity contribution in [2.45, 2.75) is 38.0 Å². The minimum absolute atomic E-state index is 0.0187. The molecular weight excluding hydrogens is 215 g/mol. The van der Waals surface area contributed by atoms with E-state index >= 15 is 0 Å². The van der Waals surface area contributed by atoms with Gasteiger partial charge in [0.25, 0.3) is 0 Å². The maximum atomic E-state index is 12.5. The van der Waals surface area contributed by atoms with Gasteiger partial charge in [-0.05, 0) is 37.5 Å². The highest BCUT2D eigenvalue weighted by Gasteiger charge is 2.31. The second-order valence-electron chi connectivity index (χ2n) is 4.29. The molecule has 0 bridgehead atoms. The zero-order valence-corrected chi connectivity index (χ0v) is 9.01. The van der Waals surface area contributed by atoms with Gasteiger partial charge in [0.15, 0.2) is 0 Å². The fourth-order valence-corrected chi connectivity index (χ4v) is 1.68. The Kier molecular flexibility index (Phi) is 2.93. The highest BCUT2D eigenvalue weighted by atomic mass is 19.4. The van der Waals surface area contributed by atoms with Crippen LogP contribution in [0.15, 0.2) is 24.3 Å². The number of alkyl halides is 3. The summed E-state index contributed by atoms with van der Waals surface area (Å²) >= 11 is 0. The zero-order valence-electron chi connectivity index (χ0n) is 9.01. The molecule has 16 heavy (non-hydrogen) atoms. The molecule has 0 amide bonds. The Bertz CT molecular complexity index is 369. The van der Waals surface area contributed by atoms with E-state index in [-0.39, 0.29) is 6.04 Å². The lowest BCUT2D eigenvalue weighted by Gasteiger charge is -2.15. The van der Waals surface area contributed by atoms with E-state index in [0.717, 1.165) is 18.9 Å². The second kappa shape index (κ2) is 4.09. The maximum absolute atomic E-state index is 12.5. The molecule has 0 aromatic heterocycles. The lowest BCUT2D eigenvalue weighted by atomic mass is 10.0. The normalized spacial score (nSPS) is 18.5. The van der Waals surface area contributed by atoms with Crippen LogP contribution in [0.4, 0.5) is 13.2 Å². The molecule has 2 rings (SSSR count). The standard InChI is InChI=1S/C12H14F3N/c1-8(16-11-5-6-11)9-3-2-4-10(7-9)12(13,14)15/h2-4,7-8,11,16H,5-6H2,1H3/t8-/m1/s1. The van der Waals surface area contributed by atoms with Crippen LogP contribution in [-0.4, -0.2) is 6.04 Å². The van der Waals surface area contributed by atoms with Gasteiger partial charge in [-0.2, -0.15) is 13.2 Å². The van der Waals surface area contributed by atoms with E-state index in [1.165, 1.54) is 12.1 Å². The number of hydrogen-bond donors (Lipinski definition) is 1. The highest BCUT2D eigenvalue weighted by molar-refractivity contribution is 5.27. The van der Waals surface area contributed by atoms with Crippen molar-refractivity contribution >= 4 is 0 Å². The Balaban J connectivity index is 2.14. The summed E-state index contributed by atoms with van der Waals surface area (Å²) in [6.45, 7) is 1.90. The van der Waals surface area contributed by atoms with Crippen molar-refractivity contribution in [1.82, 2.24) is 5.32 Å². The van der Waals surface area contributed by atoms with E-state index in [9.17, 15) is 13.2 Å². The van der Waals surface area contributed by atoms with Crippen LogP contribution in [-0.2, 0) is 6.18 Å². The Hall–Kier alpha value is -1.03. The molecule has 0 spiro atoms. The van der Waals surface area contributed by atoms with Gasteiger partial charge in [0.05, 0.1) is 5.56 Å². The number of nitrogens with one attached hydrogen (secondary N) is 1. The van der Waals surface area contributed by atoms with Gasteiger partial charge in [0.2, 0.25) is 0 Å². The molecule has 0 radical (unpaired) electrons. The molecule has 0 aliphatic heterocycles. The zero-order chi connectivity index (χ0) is 11.8. The van der Waals surface area contributed by atoms with E-state index in [4.69, 9.17) is 0 Å². The van der Waals surface area contributed by atoms with Crippen molar-refractivity contribution in [2.75, 3.05) is 0 Å². The molecular formula is C12H14F3N. The number of hydrogen-bond acceptors (Lipinski definition) is 1. The molecule has 0 heterocycles. The van der Waals surface area contributed by atoms with Crippen LogP contribution >= 0.6 is 0 Å². The Labute approximate surface area is 92.7 Å². The molecule has 4 heteroatoms. The number of halogens is 3. The van der Waals surface area contributed by atoms with Gasteiger partial charge in [0, 0.05) is 12.1 Å². The topological polar surface area (TPSA) is 12.0 Å². The van der Waals surface area contributed by atoms with Crippen molar-refractivity contribution in [3.05, 3.63) is 35.4 Å². The van der Waals surface area contributed by atoms with Crippen LogP contribution in [0.25, 0.3) is 0 Å². The summed E-state index contributed by atoms with van der Waals surface area (Å²) in [5, 5.41) is 3.28. The van der Waals surface area contributed by atoms with Gasteiger partial charge in [-0.25, -0.2) is 0 Å². The summed E-state index contributed by atoms with van der Waals surface area (Å²) in [6, 6.07) is 5.99.